The Kier molecular flexibility index (Phi) is 5.13. The minimum atomic E-state index is -4.83. The van der Waals surface area contributed by atoms with Crippen molar-refractivity contribution in [2.75, 3.05) is 23.3 Å². The smallest absolute Gasteiger partial charge is 0.419 e. The summed E-state index contributed by atoms with van der Waals surface area (Å²) < 4.78 is 64.5. The zero-order valence-electron chi connectivity index (χ0n) is 17.8. The van der Waals surface area contributed by atoms with Gasteiger partial charge in [0.2, 0.25) is 5.95 Å². The van der Waals surface area contributed by atoms with Crippen molar-refractivity contribution in [1.29, 1.82) is 0 Å². The van der Waals surface area contributed by atoms with Crippen LogP contribution in [0.1, 0.15) is 24.2 Å². The molecule has 13 heteroatoms. The van der Waals surface area contributed by atoms with Gasteiger partial charge in [0.25, 0.3) is 0 Å². The molecule has 1 N–H and O–H groups in total. The third-order valence-electron chi connectivity index (χ3n) is 6.09. The van der Waals surface area contributed by atoms with Crippen molar-refractivity contribution < 1.29 is 26.8 Å². The number of nitrogens with one attached hydrogen (secondary N) is 1. The lowest BCUT2D eigenvalue weighted by molar-refractivity contribution is -0.140. The Bertz CT molecular complexity index is 1150. The van der Waals surface area contributed by atoms with Gasteiger partial charge >= 0.3 is 18.2 Å². The first kappa shape index (κ1) is 21.5. The summed E-state index contributed by atoms with van der Waals surface area (Å²) in [6, 6.07) is 3.07. The van der Waals surface area contributed by atoms with Crippen molar-refractivity contribution in [3.05, 3.63) is 35.4 Å². The van der Waals surface area contributed by atoms with Gasteiger partial charge in [-0.1, -0.05) is 5.16 Å². The van der Waals surface area contributed by atoms with Gasteiger partial charge < -0.3 is 19.5 Å². The van der Waals surface area contributed by atoms with E-state index in [1.54, 1.807) is 14.0 Å². The van der Waals surface area contributed by atoms with Crippen molar-refractivity contribution in [2.45, 2.75) is 32.0 Å². The molecule has 1 saturated carbocycles. The molecule has 2 bridgehead atoms. The number of aryl methyl sites for hydroxylation is 2. The third-order valence-corrected chi connectivity index (χ3v) is 6.09. The average Bonchev–Trinajstić information content (AvgIpc) is 3.38. The number of hydrogen-bond donors (Lipinski definition) is 1. The van der Waals surface area contributed by atoms with Crippen LogP contribution in [0.3, 0.4) is 0 Å². The number of piperidine rings is 1. The molecule has 176 valence electrons. The topological polar surface area (TPSA) is 94.1 Å². The van der Waals surface area contributed by atoms with Gasteiger partial charge in [-0.25, -0.2) is 9.07 Å². The van der Waals surface area contributed by atoms with Gasteiger partial charge in [-0.15, -0.1) is 5.10 Å². The minimum Gasteiger partial charge on any atom is -0.424 e. The van der Waals surface area contributed by atoms with Crippen molar-refractivity contribution in [3.63, 3.8) is 0 Å². The van der Waals surface area contributed by atoms with Gasteiger partial charge in [0.15, 0.2) is 5.82 Å². The highest BCUT2D eigenvalue weighted by molar-refractivity contribution is 5.36. The molecule has 0 spiro atoms. The van der Waals surface area contributed by atoms with E-state index in [0.717, 1.165) is 32.0 Å². The van der Waals surface area contributed by atoms with Crippen LogP contribution in [0.4, 0.5) is 29.5 Å². The molecule has 5 rings (SSSR count). The fourth-order valence-corrected chi connectivity index (χ4v) is 4.59. The summed E-state index contributed by atoms with van der Waals surface area (Å²) in [5.41, 5.74) is -1.40. The van der Waals surface area contributed by atoms with E-state index in [1.807, 2.05) is 0 Å². The number of hydrogen-bond acceptors (Lipinski definition) is 8. The number of ether oxygens (including phenoxy) is 1. The van der Waals surface area contributed by atoms with Crippen LogP contribution in [0.5, 0.6) is 11.8 Å². The van der Waals surface area contributed by atoms with Crippen LogP contribution >= 0.6 is 0 Å². The maximum absolute atomic E-state index is 13.5. The minimum absolute atomic E-state index is 0.0108. The Balaban J connectivity index is 1.28. The molecule has 0 unspecified atom stereocenters. The van der Waals surface area contributed by atoms with E-state index >= 15 is 0 Å². The van der Waals surface area contributed by atoms with Crippen LogP contribution in [0.2, 0.25) is 0 Å². The summed E-state index contributed by atoms with van der Waals surface area (Å²) in [4.78, 5) is 10.7. The number of alkyl halides is 3. The quantitative estimate of drug-likeness (QED) is 0.567. The summed E-state index contributed by atoms with van der Waals surface area (Å²) in [6.07, 6.45) is -2.78. The zero-order valence-corrected chi connectivity index (χ0v) is 17.8. The number of benzene rings is 1. The van der Waals surface area contributed by atoms with Gasteiger partial charge in [0.1, 0.15) is 11.6 Å². The molecule has 3 atom stereocenters. The Morgan fingerprint density at radius 2 is 1.88 bits per heavy atom. The van der Waals surface area contributed by atoms with E-state index in [2.05, 4.69) is 30.4 Å². The molecule has 33 heavy (non-hydrogen) atoms. The molecular weight excluding hydrogens is 446 g/mol. The predicted octanol–water partition coefficient (Wildman–Crippen LogP) is 3.78. The molecule has 1 saturated heterocycles. The first-order valence-corrected chi connectivity index (χ1v) is 10.4. The molecule has 1 aliphatic heterocycles. The molecule has 2 fully saturated rings. The Morgan fingerprint density at radius 3 is 2.52 bits per heavy atom. The van der Waals surface area contributed by atoms with Crippen molar-refractivity contribution >= 4 is 12.0 Å². The summed E-state index contributed by atoms with van der Waals surface area (Å²) in [7, 11) is 1.57. The summed E-state index contributed by atoms with van der Waals surface area (Å²) in [5.74, 6) is -0.0196. The number of fused-ring (bicyclic) bond motifs is 2. The second-order valence-corrected chi connectivity index (χ2v) is 8.38. The van der Waals surface area contributed by atoms with Gasteiger partial charge in [0, 0.05) is 26.2 Å². The van der Waals surface area contributed by atoms with Crippen LogP contribution in [0, 0.1) is 24.6 Å². The van der Waals surface area contributed by atoms with Gasteiger partial charge in [-0.2, -0.15) is 23.1 Å². The molecule has 2 aliphatic rings. The number of aromatic nitrogens is 5. The standard InChI is InChI=1S/C20H21F4N7O2/c1-10-25-19(33-29-10)31-8-11-3-4-12(9-31)16(11)26-17-27-18(30(2)28-17)32-13-5-6-15(21)14(7-13)20(22,23)24/h5-7,11-12,16H,3-4,8-9H2,1-2H3,(H,26,28)/t11-,12+,16-. The Morgan fingerprint density at radius 1 is 1.15 bits per heavy atom. The Labute approximate surface area is 185 Å². The van der Waals surface area contributed by atoms with Crippen molar-refractivity contribution in [2.24, 2.45) is 18.9 Å². The maximum Gasteiger partial charge on any atom is 0.419 e. The fourth-order valence-electron chi connectivity index (χ4n) is 4.59. The fraction of sp³-hybridized carbons (Fsp3) is 0.500. The van der Waals surface area contributed by atoms with E-state index in [-0.39, 0.29) is 17.8 Å². The monoisotopic (exact) mass is 467 g/mol. The molecular formula is C20H21F4N7O2. The second-order valence-electron chi connectivity index (χ2n) is 8.38. The molecule has 3 heterocycles. The maximum atomic E-state index is 13.5. The zero-order chi connectivity index (χ0) is 23.3. The van der Waals surface area contributed by atoms with E-state index in [1.165, 1.54) is 4.68 Å². The summed E-state index contributed by atoms with van der Waals surface area (Å²) >= 11 is 0. The van der Waals surface area contributed by atoms with E-state index in [9.17, 15) is 17.6 Å². The second kappa shape index (κ2) is 7.89. The van der Waals surface area contributed by atoms with Gasteiger partial charge in [-0.05, 0) is 49.8 Å². The van der Waals surface area contributed by atoms with E-state index < -0.39 is 17.6 Å². The summed E-state index contributed by atoms with van der Waals surface area (Å²) in [6.45, 7) is 3.28. The highest BCUT2D eigenvalue weighted by Crippen LogP contribution is 2.40. The third kappa shape index (κ3) is 4.18. The van der Waals surface area contributed by atoms with Crippen LogP contribution in [0.15, 0.2) is 22.7 Å². The number of halogens is 4. The van der Waals surface area contributed by atoms with Gasteiger partial charge in [0.05, 0.1) is 5.56 Å². The summed E-state index contributed by atoms with van der Waals surface area (Å²) in [5, 5.41) is 11.5. The molecule has 0 radical (unpaired) electrons. The lowest BCUT2D eigenvalue weighted by atomic mass is 9.92. The number of rotatable bonds is 5. The molecule has 9 nitrogen and oxygen atoms in total. The highest BCUT2D eigenvalue weighted by Gasteiger charge is 2.44. The van der Waals surface area contributed by atoms with Crippen LogP contribution in [0.25, 0.3) is 0 Å². The van der Waals surface area contributed by atoms with E-state index in [4.69, 9.17) is 9.26 Å². The SMILES string of the molecule is Cc1noc(N2C[C@H]3CC[C@@H](C2)[C@@H]3Nc2nc(Oc3ccc(F)c(C(F)(F)F)c3)n(C)n2)n1. The van der Waals surface area contributed by atoms with Gasteiger partial charge in [-0.3, -0.25) is 0 Å². The number of anilines is 2. The normalized spacial score (nSPS) is 22.6. The first-order valence-electron chi connectivity index (χ1n) is 10.4. The lowest BCUT2D eigenvalue weighted by Gasteiger charge is -2.37. The predicted molar refractivity (Wildman–Crippen MR) is 107 cm³/mol. The number of nitrogens with zero attached hydrogens (tertiary/aromatic N) is 6. The Hall–Kier alpha value is -3.38. The lowest BCUT2D eigenvalue weighted by Crippen LogP contribution is -2.48. The van der Waals surface area contributed by atoms with Crippen LogP contribution in [-0.4, -0.2) is 44.0 Å². The first-order chi connectivity index (χ1) is 15.7. The molecule has 1 aliphatic carbocycles. The van der Waals surface area contributed by atoms with E-state index in [0.29, 0.717) is 41.8 Å². The average molecular weight is 467 g/mol. The van der Waals surface area contributed by atoms with Crippen molar-refractivity contribution in [1.82, 2.24) is 24.9 Å². The molecule has 2 aromatic heterocycles. The van der Waals surface area contributed by atoms with Crippen molar-refractivity contribution in [3.8, 4) is 11.8 Å². The van der Waals surface area contributed by atoms with Crippen LogP contribution < -0.4 is 15.0 Å². The molecule has 0 amide bonds. The van der Waals surface area contributed by atoms with Crippen LogP contribution in [-0.2, 0) is 13.2 Å². The highest BCUT2D eigenvalue weighted by atomic mass is 19.4. The molecule has 1 aromatic carbocycles. The largest absolute Gasteiger partial charge is 0.424 e. The molecule has 3 aromatic rings.